The van der Waals surface area contributed by atoms with Crippen LogP contribution in [0.1, 0.15) is 99.6 Å². The van der Waals surface area contributed by atoms with E-state index in [1.54, 1.807) is 115 Å². The number of nitrogens with zero attached hydrogens (tertiary/aromatic N) is 5. The van der Waals surface area contributed by atoms with Gasteiger partial charge in [-0.3, -0.25) is 0 Å². The van der Waals surface area contributed by atoms with Gasteiger partial charge in [-0.2, -0.15) is 0 Å². The van der Waals surface area contributed by atoms with E-state index in [9.17, 15) is 39.6 Å². The summed E-state index contributed by atoms with van der Waals surface area (Å²) >= 11 is 0. The van der Waals surface area contributed by atoms with Crippen molar-refractivity contribution >= 4 is 24.1 Å². The smallest absolute Gasteiger partial charge is 0.412 e. The molecule has 0 saturated carbocycles. The number of phenolic OH excluding ortho intramolecular Hbond substituents is 1. The molecular formula is C91H108Ir2N6O13-4. The summed E-state index contributed by atoms with van der Waals surface area (Å²) in [6, 6.07) is 80.9. The van der Waals surface area contributed by atoms with E-state index in [0.29, 0.717) is 29.7 Å². The first-order valence-corrected chi connectivity index (χ1v) is 36.5. The fourth-order valence-electron chi connectivity index (χ4n) is 9.08. The largest absolute Gasteiger partial charge is 0.508 e. The van der Waals surface area contributed by atoms with Crippen LogP contribution in [0.2, 0.25) is 0 Å². The van der Waals surface area contributed by atoms with E-state index in [0.717, 1.165) is 69.4 Å². The number of nitrogens with one attached hydrogen (secondary N) is 1. The second-order valence-electron chi connectivity index (χ2n) is 24.1. The molecule has 1 saturated heterocycles. The second kappa shape index (κ2) is 64.5. The molecule has 19 nitrogen and oxygen atoms in total. The summed E-state index contributed by atoms with van der Waals surface area (Å²) in [5.41, 5.74) is 10.6. The van der Waals surface area contributed by atoms with Gasteiger partial charge in [0.1, 0.15) is 24.7 Å². The minimum atomic E-state index is -0.657. The average Bonchev–Trinajstić information content (AvgIpc) is 0.947. The molecule has 602 valence electrons. The predicted octanol–water partition coefficient (Wildman–Crippen LogP) is 17.0. The van der Waals surface area contributed by atoms with E-state index < -0.39 is 42.4 Å². The van der Waals surface area contributed by atoms with Crippen LogP contribution in [0.4, 0.5) is 4.79 Å². The zero-order chi connectivity index (χ0) is 80.9. The minimum Gasteiger partial charge on any atom is -0.508 e. The molecular weight excluding hydrogens is 1770 g/mol. The molecule has 4 unspecified atom stereocenters. The zero-order valence-corrected chi connectivity index (χ0v) is 70.4. The monoisotopic (exact) mass is 1880 g/mol. The van der Waals surface area contributed by atoms with Crippen molar-refractivity contribution < 1.29 is 104 Å². The maximum absolute atomic E-state index is 11.7. The topological polar surface area (TPSA) is 282 Å². The number of ether oxygens (including phenoxy) is 4. The van der Waals surface area contributed by atoms with E-state index in [4.69, 9.17) is 19.3 Å². The number of aliphatic imine (C=N–C) groups is 1. The number of isocyanates is 1. The number of aliphatic hydroxyl groups is 4. The van der Waals surface area contributed by atoms with Crippen molar-refractivity contribution in [2.24, 2.45) is 16.8 Å². The van der Waals surface area contributed by atoms with E-state index in [-0.39, 0.29) is 84.1 Å². The molecule has 0 aliphatic carbocycles. The molecule has 4 atom stereocenters. The van der Waals surface area contributed by atoms with Gasteiger partial charge in [-0.1, -0.05) is 120 Å². The number of rotatable bonds is 21. The maximum Gasteiger partial charge on any atom is 0.412 e. The molecule has 6 N–H and O–H groups in total. The Morgan fingerprint density at radius 3 is 1.07 bits per heavy atom. The van der Waals surface area contributed by atoms with Gasteiger partial charge >= 0.3 is 18.0 Å². The van der Waals surface area contributed by atoms with Gasteiger partial charge in [-0.25, -0.2) is 24.2 Å². The van der Waals surface area contributed by atoms with Crippen LogP contribution in [0.3, 0.4) is 0 Å². The molecule has 1 amide bonds. The Morgan fingerprint density at radius 2 is 0.812 bits per heavy atom. The normalized spacial score (nSPS) is 11.8. The van der Waals surface area contributed by atoms with Gasteiger partial charge in [-0.15, -0.1) is 144 Å². The Bertz CT molecular complexity index is 3570. The fourth-order valence-corrected chi connectivity index (χ4v) is 9.08. The first kappa shape index (κ1) is 102. The summed E-state index contributed by atoms with van der Waals surface area (Å²) in [6.45, 7) is 27.2. The molecule has 4 aromatic heterocycles. The van der Waals surface area contributed by atoms with Crippen molar-refractivity contribution in [3.63, 3.8) is 0 Å². The molecule has 2 radical (unpaired) electrons. The quantitative estimate of drug-likeness (QED) is 0.00973. The number of aliphatic hydroxyl groups excluding tert-OH is 4. The summed E-state index contributed by atoms with van der Waals surface area (Å²) < 4.78 is 19.5. The van der Waals surface area contributed by atoms with Gasteiger partial charge in [0.05, 0.1) is 37.5 Å². The van der Waals surface area contributed by atoms with Crippen molar-refractivity contribution in [2.75, 3.05) is 39.5 Å². The average molecular weight is 1880 g/mol. The number of amides is 1. The molecule has 11 rings (SSSR count). The third-order valence-electron chi connectivity index (χ3n) is 14.7. The zero-order valence-electron chi connectivity index (χ0n) is 65.7. The number of carbonyl (C=O) groups excluding carboxylic acids is 4. The van der Waals surface area contributed by atoms with E-state index in [1.807, 2.05) is 184 Å². The third kappa shape index (κ3) is 47.2. The molecule has 1 aliphatic rings. The SMILES string of the molecule is C1CCOC1.C=C(C)C(=O)OCCN=C=O.C=C(C)C(=O)OCCNC(=O)Oc1ccc(CC(C(C)O)C(C)O)cc1.CC.CC(O)C(Cc1ccc(O)cc1)C(C)O.CCC.[Ir].[Ir].[c-]1ccccc1-c1ccccn1.[c-]1ccccc1-c1ccccn1.[c-]1ccccc1-c1ccccn1.[c-]1ccccc1-c1ccccn1. The van der Waals surface area contributed by atoms with Crippen molar-refractivity contribution in [2.45, 2.75) is 126 Å². The van der Waals surface area contributed by atoms with E-state index in [2.05, 4.69) is 86.3 Å². The number of aromatic nitrogens is 4. The van der Waals surface area contributed by atoms with Crippen LogP contribution in [-0.4, -0.2) is 134 Å². The Morgan fingerprint density at radius 1 is 0.500 bits per heavy atom. The fraction of sp³-hybridized carbons (Fsp3) is 0.297. The van der Waals surface area contributed by atoms with Gasteiger partial charge in [0.2, 0.25) is 6.08 Å². The van der Waals surface area contributed by atoms with Gasteiger partial charge in [0, 0.05) is 101 Å². The summed E-state index contributed by atoms with van der Waals surface area (Å²) in [4.78, 5) is 63.1. The van der Waals surface area contributed by atoms with Crippen LogP contribution >= 0.6 is 0 Å². The predicted molar refractivity (Wildman–Crippen MR) is 436 cm³/mol. The van der Waals surface area contributed by atoms with E-state index >= 15 is 0 Å². The van der Waals surface area contributed by atoms with E-state index in [1.165, 1.54) is 25.3 Å². The number of aromatic hydroxyl groups is 1. The molecule has 112 heavy (non-hydrogen) atoms. The number of hydrogen-bond donors (Lipinski definition) is 6. The number of hydrogen-bond acceptors (Lipinski definition) is 18. The van der Waals surface area contributed by atoms with Crippen LogP contribution in [0.5, 0.6) is 11.5 Å². The van der Waals surface area contributed by atoms with Crippen LogP contribution in [0, 0.1) is 36.1 Å². The van der Waals surface area contributed by atoms with Crippen LogP contribution in [-0.2, 0) is 81.6 Å². The standard InChI is InChI=1S/C19H27NO6.C12H18O3.4C11H8N.C7H9NO3.C4H8O.C3H8.C2H6.2Ir/c1-12(2)18(23)25-10-9-20-19(24)26-16-7-5-15(6-8-16)11-17(13(3)21)14(4)22;1-8(13)12(9(2)14)7-10-3-5-11(15)6-4-10;4*1-2-6-10(7-3-1)11-8-4-5-9-12-11;1-6(2)7(10)11-4-3-8-5-9;1-2-4-5-3-1;1-3-2;1-2;;/h5-8,13-14,17,21-22H,1,9-11H2,2-4H3,(H,20,24);3-6,8-9,12-15H,7H2,1-2H3;4*1-6,8-9H;1,3-4H2,2H3;1-4H2;3H2,1-2H3;1-2H3;;/q;;4*-1;;;;;;. The van der Waals surface area contributed by atoms with Crippen molar-refractivity contribution in [3.8, 4) is 56.5 Å². The van der Waals surface area contributed by atoms with Crippen molar-refractivity contribution in [3.05, 3.63) is 303 Å². The summed E-state index contributed by atoms with van der Waals surface area (Å²) in [5.74, 6) is -0.837. The molecule has 6 aromatic carbocycles. The van der Waals surface area contributed by atoms with Crippen molar-refractivity contribution in [1.29, 1.82) is 0 Å². The third-order valence-corrected chi connectivity index (χ3v) is 14.7. The number of esters is 2. The molecule has 10 aromatic rings. The van der Waals surface area contributed by atoms with Gasteiger partial charge in [0.15, 0.2) is 0 Å². The summed E-state index contributed by atoms with van der Waals surface area (Å²) in [7, 11) is 0. The Hall–Kier alpha value is -10.1. The molecule has 1 aliphatic heterocycles. The molecule has 0 spiro atoms. The Balaban J connectivity index is 0.00000128. The first-order chi connectivity index (χ1) is 53.2. The second-order valence-corrected chi connectivity index (χ2v) is 24.1. The Kier molecular flexibility index (Phi) is 58.7. The maximum atomic E-state index is 11.7. The van der Waals surface area contributed by atoms with Crippen molar-refractivity contribution in [1.82, 2.24) is 25.3 Å². The van der Waals surface area contributed by atoms with Crippen LogP contribution in [0.25, 0.3) is 45.0 Å². The van der Waals surface area contributed by atoms with Gasteiger partial charge in [-0.05, 0) is 150 Å². The first-order valence-electron chi connectivity index (χ1n) is 36.5. The number of benzene rings is 6. The number of pyridine rings is 4. The molecule has 5 heterocycles. The van der Waals surface area contributed by atoms with Crippen LogP contribution in [0.15, 0.2) is 272 Å². The molecule has 1 fully saturated rings. The number of carbonyl (C=O) groups is 3. The number of phenols is 1. The van der Waals surface area contributed by atoms with Gasteiger partial charge < -0.3 is 69.7 Å². The summed E-state index contributed by atoms with van der Waals surface area (Å²) in [5, 5.41) is 50.0. The van der Waals surface area contributed by atoms with Crippen LogP contribution < -0.4 is 10.1 Å². The summed E-state index contributed by atoms with van der Waals surface area (Å²) in [6.07, 6.45) is 10.4. The molecule has 0 bridgehead atoms. The molecule has 21 heteroatoms. The Labute approximate surface area is 690 Å². The van der Waals surface area contributed by atoms with Gasteiger partial charge in [0.25, 0.3) is 0 Å². The minimum absolute atomic E-state index is 0.